The highest BCUT2D eigenvalue weighted by atomic mass is 16.7. The molecule has 8 N–H and O–H groups in total. The molecule has 1 saturated carbocycles. The Morgan fingerprint density at radius 2 is 1.61 bits per heavy atom. The first-order valence-corrected chi connectivity index (χ1v) is 27.8. The smallest absolute Gasteiger partial charge is 0.308 e. The molecule has 0 bridgehead atoms. The standard InChI is InChI=1S/C31H51NO9.C27H33N3O8/c1-9-25-20(5)29-31(6,41-29)12-10-23(34)17(2)14-21(11-13-33)28(19(4)24(35)16-26(36)39-25)40-30-27(37)22(32(7)8)15-18(3)38-30;1-26(37)13-7-6-8-16(31)17(13)21(32)18-14(26)11-15-20(29(2)3)22(33)19(24(35)27(15,38)23(18)34)25(36)28-12-30-9-4-5-10-30/h10,12-13,17-22,24-25,27-30,35,37H,9,11,14-16H2,1-8H3;6-8,14-15,20,31-32,35,37-38H,4-5,9-12H2,1-3H3,(H,28,36)/b12-10+;/t17?,18-,19?,20?,21?,22+,24?,25?,27-,28?,29?,30+,31?;14-,15-,20-,26+,27-/m10/s1. The van der Waals surface area contributed by atoms with Crippen LogP contribution in [0.5, 0.6) is 5.75 Å². The van der Waals surface area contributed by atoms with Crippen LogP contribution in [0.3, 0.4) is 0 Å². The number of ketones is 3. The van der Waals surface area contributed by atoms with Crippen LogP contribution in [0.15, 0.2) is 47.3 Å². The van der Waals surface area contributed by atoms with Crippen LogP contribution < -0.4 is 5.32 Å². The number of carbonyl (C=O) groups excluding carboxylic acids is 6. The molecule has 4 fully saturated rings. The molecule has 3 aliphatic carbocycles. The SMILES string of the molecule is CCC1OC(=O)CC(O)C(C)C(O[C@@H]2O[C@H](C)C[C@H](N(C)C)[C@H]2O)C(CC=O)CC(C)C(=O)/C=C/C2(C)OC2C1C.CN(C)[C@@H]1C(=O)C(C(=O)NCN2CCCC2)=C(O)[C@@]2(O)C(=O)C3=C(O)c4c(O)cccc4[C@@](C)(O)[C@H]3C[C@@H]12. The van der Waals surface area contributed by atoms with Gasteiger partial charge in [0.2, 0.25) is 5.78 Å². The molecule has 3 saturated heterocycles. The number of aldehydes is 1. The minimum atomic E-state index is -2.72. The van der Waals surface area contributed by atoms with Gasteiger partial charge in [0.15, 0.2) is 23.5 Å². The lowest BCUT2D eigenvalue weighted by Crippen LogP contribution is -2.67. The third kappa shape index (κ3) is 12.0. The second-order valence-electron chi connectivity index (χ2n) is 23.9. The number of amides is 1. The number of Topliss-reactive ketones (excluding diaryl/α,β-unsaturated/α-hetero) is 2. The molecule has 7 aliphatic rings. The van der Waals surface area contributed by atoms with E-state index in [0.717, 1.165) is 32.2 Å². The lowest BCUT2D eigenvalue weighted by atomic mass is 9.54. The molecule has 0 radical (unpaired) electrons. The van der Waals surface area contributed by atoms with Crippen LogP contribution in [0, 0.1) is 35.5 Å². The fraction of sp³-hybridized carbons (Fsp3) is 0.690. The average Bonchev–Trinajstić information content (AvgIpc) is 3.97. The molecule has 4 heterocycles. The topological polar surface area (TPSA) is 306 Å². The minimum Gasteiger partial charge on any atom is -0.508 e. The number of cyclic esters (lactones) is 1. The first-order valence-electron chi connectivity index (χ1n) is 27.8. The van der Waals surface area contributed by atoms with Gasteiger partial charge in [-0.2, -0.15) is 0 Å². The third-order valence-electron chi connectivity index (χ3n) is 18.0. The second kappa shape index (κ2) is 24.3. The maximum absolute atomic E-state index is 14.0. The molecule has 1 amide bonds. The lowest BCUT2D eigenvalue weighted by molar-refractivity contribution is -0.283. The van der Waals surface area contributed by atoms with Gasteiger partial charge in [0, 0.05) is 47.6 Å². The van der Waals surface area contributed by atoms with Gasteiger partial charge >= 0.3 is 5.97 Å². The van der Waals surface area contributed by atoms with E-state index in [1.807, 2.05) is 58.5 Å². The fourth-order valence-electron chi connectivity index (χ4n) is 13.2. The number of benzene rings is 1. The molecule has 18 atom stereocenters. The molecular formula is C58H84N4O17. The van der Waals surface area contributed by atoms with E-state index < -0.39 is 124 Å². The number of rotatable bonds is 10. The van der Waals surface area contributed by atoms with Crippen molar-refractivity contribution in [1.29, 1.82) is 0 Å². The summed E-state index contributed by atoms with van der Waals surface area (Å²) in [5, 5.41) is 81.4. The minimum absolute atomic E-state index is 0.0707. The van der Waals surface area contributed by atoms with E-state index >= 15 is 0 Å². The largest absolute Gasteiger partial charge is 0.508 e. The number of ether oxygens (including phenoxy) is 4. The van der Waals surface area contributed by atoms with Crippen LogP contribution in [0.2, 0.25) is 0 Å². The van der Waals surface area contributed by atoms with Gasteiger partial charge < -0.3 is 69.7 Å². The fourth-order valence-corrected chi connectivity index (χ4v) is 13.2. The highest BCUT2D eigenvalue weighted by molar-refractivity contribution is 6.25. The first-order chi connectivity index (χ1) is 37.0. The third-order valence-corrected chi connectivity index (χ3v) is 18.0. The number of hydrogen-bond acceptors (Lipinski definition) is 20. The second-order valence-corrected chi connectivity index (χ2v) is 23.9. The van der Waals surface area contributed by atoms with Crippen LogP contribution >= 0.6 is 0 Å². The van der Waals surface area contributed by atoms with Gasteiger partial charge in [0.1, 0.15) is 46.9 Å². The summed E-state index contributed by atoms with van der Waals surface area (Å²) in [7, 11) is 6.88. The molecule has 4 aliphatic heterocycles. The summed E-state index contributed by atoms with van der Waals surface area (Å²) >= 11 is 0. The van der Waals surface area contributed by atoms with Crippen molar-refractivity contribution in [3.05, 3.63) is 58.4 Å². The average molecular weight is 1110 g/mol. The van der Waals surface area contributed by atoms with E-state index in [4.69, 9.17) is 18.9 Å². The molecule has 21 nitrogen and oxygen atoms in total. The van der Waals surface area contributed by atoms with Crippen LogP contribution in [0.4, 0.5) is 0 Å². The molecule has 21 heteroatoms. The van der Waals surface area contributed by atoms with Gasteiger partial charge in [0.05, 0.1) is 54.7 Å². The number of hydrogen-bond donors (Lipinski definition) is 8. The summed E-state index contributed by atoms with van der Waals surface area (Å²) in [5.41, 5.74) is -6.17. The summed E-state index contributed by atoms with van der Waals surface area (Å²) in [4.78, 5) is 84.3. The molecule has 0 spiro atoms. The normalized spacial score (nSPS) is 39.7. The molecule has 9 unspecified atom stereocenters. The van der Waals surface area contributed by atoms with Crippen molar-refractivity contribution in [2.75, 3.05) is 47.9 Å². The number of phenols is 1. The Bertz CT molecular complexity index is 2570. The first kappa shape index (κ1) is 61.7. The molecule has 1 aromatic rings. The number of esters is 1. The maximum Gasteiger partial charge on any atom is 0.308 e. The summed E-state index contributed by atoms with van der Waals surface area (Å²) in [6.07, 6.45) is 2.40. The summed E-state index contributed by atoms with van der Waals surface area (Å²) in [6.45, 7) is 14.4. The lowest BCUT2D eigenvalue weighted by Gasteiger charge is -2.53. The van der Waals surface area contributed by atoms with Gasteiger partial charge in [0.25, 0.3) is 5.91 Å². The number of epoxide rings is 1. The number of nitrogens with zero attached hydrogens (tertiary/aromatic N) is 3. The van der Waals surface area contributed by atoms with E-state index in [2.05, 4.69) is 5.32 Å². The highest BCUT2D eigenvalue weighted by Crippen LogP contribution is 2.57. The van der Waals surface area contributed by atoms with Crippen molar-refractivity contribution in [2.45, 2.75) is 172 Å². The van der Waals surface area contributed by atoms with E-state index in [1.54, 1.807) is 33.2 Å². The number of phenolic OH excluding ortho intramolecular Hbond substituents is 1. The van der Waals surface area contributed by atoms with Crippen molar-refractivity contribution in [3.8, 4) is 5.75 Å². The summed E-state index contributed by atoms with van der Waals surface area (Å²) in [6, 6.07) is 2.90. The Labute approximate surface area is 462 Å². The van der Waals surface area contributed by atoms with E-state index in [-0.39, 0.29) is 78.3 Å². The van der Waals surface area contributed by atoms with Crippen LogP contribution in [0.1, 0.15) is 111 Å². The number of fused-ring (bicyclic) bond motifs is 4. The molecule has 1 aromatic carbocycles. The molecule has 438 valence electrons. The van der Waals surface area contributed by atoms with Gasteiger partial charge in [-0.25, -0.2) is 0 Å². The predicted octanol–water partition coefficient (Wildman–Crippen LogP) is 2.98. The summed E-state index contributed by atoms with van der Waals surface area (Å²) in [5.74, 6) is -9.49. The van der Waals surface area contributed by atoms with Crippen LogP contribution in [0.25, 0.3) is 5.76 Å². The zero-order chi connectivity index (χ0) is 58.4. The quantitative estimate of drug-likeness (QED) is 0.0723. The highest BCUT2D eigenvalue weighted by Gasteiger charge is 2.67. The maximum atomic E-state index is 14.0. The van der Waals surface area contributed by atoms with Gasteiger partial charge in [-0.05, 0) is 130 Å². The van der Waals surface area contributed by atoms with Crippen LogP contribution in [-0.4, -0.2) is 200 Å². The zero-order valence-electron chi connectivity index (χ0n) is 47.5. The number of carbonyl (C=O) groups is 6. The van der Waals surface area contributed by atoms with E-state index in [1.165, 1.54) is 30.0 Å². The Morgan fingerprint density at radius 3 is 2.23 bits per heavy atom. The Kier molecular flexibility index (Phi) is 18.9. The van der Waals surface area contributed by atoms with E-state index in [9.17, 15) is 64.5 Å². The summed E-state index contributed by atoms with van der Waals surface area (Å²) < 4.78 is 24.2. The van der Waals surface area contributed by atoms with Crippen molar-refractivity contribution in [2.24, 2.45) is 35.5 Å². The van der Waals surface area contributed by atoms with Crippen molar-refractivity contribution >= 4 is 41.3 Å². The Morgan fingerprint density at radius 1 is 0.937 bits per heavy atom. The number of likely N-dealkylation sites (tertiary alicyclic amines) is 1. The van der Waals surface area contributed by atoms with Crippen molar-refractivity contribution < 1.29 is 83.5 Å². The molecule has 8 rings (SSSR count). The number of aliphatic hydroxyl groups is 6. The number of likely N-dealkylation sites (N-methyl/N-ethyl adjacent to an activating group) is 2. The van der Waals surface area contributed by atoms with Gasteiger partial charge in [-0.3, -0.25) is 33.8 Å². The number of allylic oxidation sites excluding steroid dienone is 1. The van der Waals surface area contributed by atoms with E-state index in [0.29, 0.717) is 19.3 Å². The number of nitrogens with one attached hydrogen (secondary N) is 1. The molecule has 0 aromatic heterocycles. The zero-order valence-corrected chi connectivity index (χ0v) is 47.5. The van der Waals surface area contributed by atoms with Crippen molar-refractivity contribution in [1.82, 2.24) is 20.0 Å². The monoisotopic (exact) mass is 1110 g/mol. The molecule has 79 heavy (non-hydrogen) atoms. The van der Waals surface area contributed by atoms with Crippen LogP contribution in [-0.2, 0) is 53.3 Å². The number of aliphatic hydroxyl groups excluding tert-OH is 4. The Hall–Kier alpha value is -4.94. The predicted molar refractivity (Wildman–Crippen MR) is 287 cm³/mol. The Balaban J connectivity index is 0.000000229. The van der Waals surface area contributed by atoms with Crippen molar-refractivity contribution in [3.63, 3.8) is 0 Å². The van der Waals surface area contributed by atoms with Gasteiger partial charge in [-0.1, -0.05) is 39.8 Å². The van der Waals surface area contributed by atoms with Gasteiger partial charge in [-0.15, -0.1) is 0 Å². The number of aromatic hydroxyl groups is 1. The molecular weight excluding hydrogens is 1020 g/mol.